The normalized spacial score (nSPS) is 13.2. The number of hydrogen-bond acceptors (Lipinski definition) is 7. The number of hydrogen-bond donors (Lipinski definition) is 1. The maximum absolute atomic E-state index is 12.9. The largest absolute Gasteiger partial charge is 0.465 e. The van der Waals surface area contributed by atoms with Gasteiger partial charge in [-0.3, -0.25) is 14.5 Å². The molecule has 4 aromatic rings. The predicted molar refractivity (Wildman–Crippen MR) is 170 cm³/mol. The molecule has 0 unspecified atom stereocenters. The van der Waals surface area contributed by atoms with Crippen molar-refractivity contribution in [3.63, 3.8) is 0 Å². The maximum Gasteiger partial charge on any atom is 0.339 e. The third-order valence-corrected chi connectivity index (χ3v) is 7.77. The summed E-state index contributed by atoms with van der Waals surface area (Å²) in [5.74, 6) is -1.30. The molecule has 0 aliphatic carbocycles. The van der Waals surface area contributed by atoms with E-state index in [0.717, 1.165) is 11.1 Å². The quantitative estimate of drug-likeness (QED) is 0.257. The topological polar surface area (TPSA) is 112 Å². The molecule has 9 nitrogen and oxygen atoms in total. The van der Waals surface area contributed by atoms with Crippen LogP contribution in [-0.2, 0) is 19.1 Å². The molecule has 1 N–H and O–H groups in total. The highest BCUT2D eigenvalue weighted by Gasteiger charge is 2.28. The molecule has 1 aliphatic rings. The lowest BCUT2D eigenvalue weighted by molar-refractivity contribution is -0.139. The molecule has 228 valence electrons. The van der Waals surface area contributed by atoms with E-state index in [1.165, 1.54) is 18.2 Å². The van der Waals surface area contributed by atoms with E-state index in [-0.39, 0.29) is 36.4 Å². The summed E-state index contributed by atoms with van der Waals surface area (Å²) in [7, 11) is 1.26. The molecule has 1 heterocycles. The van der Waals surface area contributed by atoms with Gasteiger partial charge in [-0.25, -0.2) is 4.79 Å². The molecule has 9 heteroatoms. The first-order valence-corrected chi connectivity index (χ1v) is 14.7. The SMILES string of the molecule is COC(=O)c1cc(-c2ccc(C#N)cc2)ccc1NC(=O)COCC(=O)N1CCN(C(c2ccccc2)c2ccccc2)CC1. The smallest absolute Gasteiger partial charge is 0.339 e. The van der Waals surface area contributed by atoms with Crippen molar-refractivity contribution in [3.05, 3.63) is 125 Å². The van der Waals surface area contributed by atoms with Crippen molar-refractivity contribution in [3.8, 4) is 17.2 Å². The number of nitrogens with one attached hydrogen (secondary N) is 1. The molecule has 1 aliphatic heterocycles. The number of ether oxygens (including phenoxy) is 2. The minimum atomic E-state index is -0.613. The summed E-state index contributed by atoms with van der Waals surface area (Å²) < 4.78 is 10.4. The summed E-state index contributed by atoms with van der Waals surface area (Å²) in [6.07, 6.45) is 0. The number of piperazine rings is 1. The van der Waals surface area contributed by atoms with E-state index in [1.807, 2.05) is 36.4 Å². The van der Waals surface area contributed by atoms with Gasteiger partial charge in [0.05, 0.1) is 36.0 Å². The number of esters is 1. The summed E-state index contributed by atoms with van der Waals surface area (Å²) in [5, 5.41) is 11.7. The Balaban J connectivity index is 1.14. The Morgan fingerprint density at radius 2 is 1.40 bits per heavy atom. The van der Waals surface area contributed by atoms with E-state index >= 15 is 0 Å². The van der Waals surface area contributed by atoms with E-state index in [0.29, 0.717) is 31.7 Å². The summed E-state index contributed by atoms with van der Waals surface area (Å²) in [4.78, 5) is 42.3. The van der Waals surface area contributed by atoms with Crippen molar-refractivity contribution in [1.82, 2.24) is 9.80 Å². The molecular formula is C36H34N4O5. The van der Waals surface area contributed by atoms with Gasteiger partial charge in [0.25, 0.3) is 0 Å². The first-order chi connectivity index (χ1) is 22.0. The first-order valence-electron chi connectivity index (χ1n) is 14.7. The van der Waals surface area contributed by atoms with E-state index in [9.17, 15) is 14.4 Å². The van der Waals surface area contributed by atoms with E-state index in [4.69, 9.17) is 14.7 Å². The highest BCUT2D eigenvalue weighted by molar-refractivity contribution is 6.02. The monoisotopic (exact) mass is 602 g/mol. The molecule has 4 aromatic carbocycles. The zero-order chi connectivity index (χ0) is 31.6. The summed E-state index contributed by atoms with van der Waals surface area (Å²) in [5.41, 5.74) is 4.90. The lowest BCUT2D eigenvalue weighted by atomic mass is 9.96. The zero-order valence-electron chi connectivity index (χ0n) is 25.0. The van der Waals surface area contributed by atoms with Gasteiger partial charge in [0, 0.05) is 26.2 Å². The molecule has 45 heavy (non-hydrogen) atoms. The summed E-state index contributed by atoms with van der Waals surface area (Å²) in [6, 6.07) is 34.8. The fourth-order valence-corrected chi connectivity index (χ4v) is 5.47. The van der Waals surface area contributed by atoms with Gasteiger partial charge in [-0.15, -0.1) is 0 Å². The fraction of sp³-hybridized carbons (Fsp3) is 0.222. The Morgan fingerprint density at radius 1 is 0.800 bits per heavy atom. The van der Waals surface area contributed by atoms with Gasteiger partial charge in [0.2, 0.25) is 11.8 Å². The molecule has 0 spiro atoms. The van der Waals surface area contributed by atoms with Crippen molar-refractivity contribution in [1.29, 1.82) is 5.26 Å². The molecule has 1 saturated heterocycles. The second kappa shape index (κ2) is 14.9. The van der Waals surface area contributed by atoms with Crippen LogP contribution in [0.4, 0.5) is 5.69 Å². The third-order valence-electron chi connectivity index (χ3n) is 7.77. The van der Waals surface area contributed by atoms with Gasteiger partial charge in [-0.05, 0) is 46.5 Å². The second-order valence-corrected chi connectivity index (χ2v) is 10.6. The number of nitriles is 1. The lowest BCUT2D eigenvalue weighted by Crippen LogP contribution is -2.50. The van der Waals surface area contributed by atoms with Crippen molar-refractivity contribution < 1.29 is 23.9 Å². The third kappa shape index (κ3) is 7.81. The van der Waals surface area contributed by atoms with Crippen molar-refractivity contribution in [2.75, 3.05) is 51.8 Å². The predicted octanol–water partition coefficient (Wildman–Crippen LogP) is 4.90. The number of methoxy groups -OCH3 is 1. The molecule has 0 bridgehead atoms. The van der Waals surface area contributed by atoms with Gasteiger partial charge >= 0.3 is 5.97 Å². The van der Waals surface area contributed by atoms with Crippen LogP contribution in [-0.4, -0.2) is 74.1 Å². The molecule has 1 fully saturated rings. The van der Waals surface area contributed by atoms with Crippen LogP contribution in [0.15, 0.2) is 103 Å². The first kappa shape index (κ1) is 31.1. The van der Waals surface area contributed by atoms with Gasteiger partial charge < -0.3 is 19.7 Å². The number of carbonyl (C=O) groups excluding carboxylic acids is 3. The van der Waals surface area contributed by atoms with Crippen molar-refractivity contribution in [2.45, 2.75) is 6.04 Å². The van der Waals surface area contributed by atoms with E-state index < -0.39 is 11.9 Å². The number of anilines is 1. The standard InChI is InChI=1S/C36H34N4O5/c1-44-36(43)31-22-30(27-14-12-26(23-37)13-15-27)16-17-32(31)38-33(41)24-45-25-34(42)39-18-20-40(21-19-39)35(28-8-4-2-5-9-28)29-10-6-3-7-11-29/h2-17,22,35H,18-21,24-25H2,1H3,(H,38,41). The van der Waals surface area contributed by atoms with Crippen LogP contribution in [0.3, 0.4) is 0 Å². The fourth-order valence-electron chi connectivity index (χ4n) is 5.47. The highest BCUT2D eigenvalue weighted by atomic mass is 16.5. The number of carbonyl (C=O) groups is 3. The van der Waals surface area contributed by atoms with Crippen LogP contribution in [0.1, 0.15) is 33.1 Å². The van der Waals surface area contributed by atoms with Crippen LogP contribution in [0.2, 0.25) is 0 Å². The zero-order valence-corrected chi connectivity index (χ0v) is 25.0. The Hall–Kier alpha value is -5.30. The van der Waals surface area contributed by atoms with E-state index in [1.54, 1.807) is 47.4 Å². The van der Waals surface area contributed by atoms with Crippen molar-refractivity contribution in [2.24, 2.45) is 0 Å². The Bertz CT molecular complexity index is 1620. The van der Waals surface area contributed by atoms with Gasteiger partial charge in [-0.1, -0.05) is 78.9 Å². The number of rotatable bonds is 10. The Morgan fingerprint density at radius 3 is 1.98 bits per heavy atom. The van der Waals surface area contributed by atoms with E-state index in [2.05, 4.69) is 40.6 Å². The molecule has 0 atom stereocenters. The molecule has 5 rings (SSSR count). The summed E-state index contributed by atoms with van der Waals surface area (Å²) >= 11 is 0. The molecule has 0 saturated carbocycles. The van der Waals surface area contributed by atoms with Crippen LogP contribution in [0, 0.1) is 11.3 Å². The Labute approximate surface area is 262 Å². The van der Waals surface area contributed by atoms with Gasteiger partial charge in [-0.2, -0.15) is 5.26 Å². The minimum Gasteiger partial charge on any atom is -0.465 e. The average Bonchev–Trinajstić information content (AvgIpc) is 3.09. The molecular weight excluding hydrogens is 568 g/mol. The number of benzene rings is 4. The maximum atomic E-state index is 12.9. The van der Waals surface area contributed by atoms with Crippen LogP contribution in [0.25, 0.3) is 11.1 Å². The second-order valence-electron chi connectivity index (χ2n) is 10.6. The Kier molecular flexibility index (Phi) is 10.3. The molecule has 2 amide bonds. The lowest BCUT2D eigenvalue weighted by Gasteiger charge is -2.39. The highest BCUT2D eigenvalue weighted by Crippen LogP contribution is 2.30. The van der Waals surface area contributed by atoms with Gasteiger partial charge in [0.1, 0.15) is 13.2 Å². The summed E-state index contributed by atoms with van der Waals surface area (Å²) in [6.45, 7) is 1.94. The van der Waals surface area contributed by atoms with Crippen LogP contribution < -0.4 is 5.32 Å². The van der Waals surface area contributed by atoms with Gasteiger partial charge in [0.15, 0.2) is 0 Å². The van der Waals surface area contributed by atoms with Crippen LogP contribution in [0.5, 0.6) is 0 Å². The number of nitrogens with zero attached hydrogens (tertiary/aromatic N) is 3. The average molecular weight is 603 g/mol. The molecule has 0 aromatic heterocycles. The van der Waals surface area contributed by atoms with Crippen LogP contribution >= 0.6 is 0 Å². The minimum absolute atomic E-state index is 0.0951. The number of amides is 2. The molecule has 0 radical (unpaired) electrons. The van der Waals surface area contributed by atoms with Crippen molar-refractivity contribution >= 4 is 23.5 Å².